The van der Waals surface area contributed by atoms with Crippen LogP contribution in [0.5, 0.6) is 0 Å². The predicted octanol–water partition coefficient (Wildman–Crippen LogP) is 3.73. The van der Waals surface area contributed by atoms with Crippen molar-refractivity contribution in [1.82, 2.24) is 4.90 Å². The molecule has 0 bridgehead atoms. The largest absolute Gasteiger partial charge is 0.334 e. The van der Waals surface area contributed by atoms with Gasteiger partial charge in [0.25, 0.3) is 5.91 Å². The molecule has 1 aromatic heterocycles. The minimum Gasteiger partial charge on any atom is -0.334 e. The Morgan fingerprint density at radius 1 is 1.46 bits per heavy atom. The molecule has 2 aromatic rings. The third kappa shape index (κ3) is 3.30. The van der Waals surface area contributed by atoms with Gasteiger partial charge in [0.2, 0.25) is 0 Å². The maximum Gasteiger partial charge on any atom is 0.265 e. The van der Waals surface area contributed by atoms with Crippen molar-refractivity contribution in [2.75, 3.05) is 18.1 Å². The van der Waals surface area contributed by atoms with Crippen LogP contribution >= 0.6 is 22.9 Å². The van der Waals surface area contributed by atoms with E-state index in [1.54, 1.807) is 11.0 Å². The minimum absolute atomic E-state index is 0.00409. The number of benzene rings is 1. The first-order valence-corrected chi connectivity index (χ1v) is 10.7. The number of sulfone groups is 1. The zero-order valence-corrected chi connectivity index (χ0v) is 15.5. The first-order chi connectivity index (χ1) is 11.3. The lowest BCUT2D eigenvalue weighted by molar-refractivity contribution is 0.0702. The zero-order valence-electron chi connectivity index (χ0n) is 13.1. The summed E-state index contributed by atoms with van der Waals surface area (Å²) in [6, 6.07) is 3.90. The van der Waals surface area contributed by atoms with Gasteiger partial charge in [0.05, 0.1) is 16.5 Å². The summed E-state index contributed by atoms with van der Waals surface area (Å²) in [5.41, 5.74) is 0. The molecule has 0 spiro atoms. The summed E-state index contributed by atoms with van der Waals surface area (Å²) in [6.45, 7) is 2.41. The van der Waals surface area contributed by atoms with Crippen LogP contribution in [0.25, 0.3) is 10.1 Å². The Morgan fingerprint density at radius 2 is 2.21 bits per heavy atom. The topological polar surface area (TPSA) is 54.5 Å². The molecule has 1 aromatic carbocycles. The van der Waals surface area contributed by atoms with E-state index in [4.69, 9.17) is 11.6 Å². The number of amides is 1. The summed E-state index contributed by atoms with van der Waals surface area (Å²) in [4.78, 5) is 14.9. The van der Waals surface area contributed by atoms with E-state index in [0.717, 1.165) is 17.8 Å². The number of carbonyl (C=O) groups is 1. The SMILES string of the molecule is CCCN(C(=O)c1sc2cc(F)ccc2c1Cl)C1CCS(=O)(=O)C1. The fourth-order valence-corrected chi connectivity index (χ4v) is 6.24. The summed E-state index contributed by atoms with van der Waals surface area (Å²) in [5, 5.41) is 0.948. The van der Waals surface area contributed by atoms with Crippen LogP contribution in [0.1, 0.15) is 29.4 Å². The summed E-state index contributed by atoms with van der Waals surface area (Å²) >= 11 is 7.48. The standard InChI is InChI=1S/C16H17ClFNO3S2/c1-2-6-19(11-5-7-24(21,22)9-11)16(20)15-14(17)12-4-3-10(18)8-13(12)23-15/h3-4,8,11H,2,5-7,9H2,1H3. The lowest BCUT2D eigenvalue weighted by atomic mass is 10.2. The van der Waals surface area contributed by atoms with Gasteiger partial charge in [-0.25, -0.2) is 12.8 Å². The maximum absolute atomic E-state index is 13.4. The van der Waals surface area contributed by atoms with E-state index in [9.17, 15) is 17.6 Å². The monoisotopic (exact) mass is 389 g/mol. The van der Waals surface area contributed by atoms with Gasteiger partial charge >= 0.3 is 0 Å². The molecular formula is C16H17ClFNO3S2. The molecule has 1 fully saturated rings. The third-order valence-electron chi connectivity index (χ3n) is 4.16. The van der Waals surface area contributed by atoms with E-state index in [-0.39, 0.29) is 29.3 Å². The van der Waals surface area contributed by atoms with E-state index in [1.165, 1.54) is 12.1 Å². The van der Waals surface area contributed by atoms with Crippen molar-refractivity contribution in [3.05, 3.63) is 33.9 Å². The highest BCUT2D eigenvalue weighted by atomic mass is 35.5. The third-order valence-corrected chi connectivity index (χ3v) is 7.56. The van der Waals surface area contributed by atoms with E-state index in [0.29, 0.717) is 33.0 Å². The smallest absolute Gasteiger partial charge is 0.265 e. The first-order valence-electron chi connectivity index (χ1n) is 7.71. The summed E-state index contributed by atoms with van der Waals surface area (Å²) in [7, 11) is -3.09. The van der Waals surface area contributed by atoms with Crippen LogP contribution in [-0.4, -0.2) is 43.3 Å². The van der Waals surface area contributed by atoms with Crippen LogP contribution in [0.4, 0.5) is 4.39 Å². The highest BCUT2D eigenvalue weighted by molar-refractivity contribution is 7.91. The minimum atomic E-state index is -3.09. The van der Waals surface area contributed by atoms with Crippen LogP contribution < -0.4 is 0 Å². The first kappa shape index (κ1) is 17.6. The van der Waals surface area contributed by atoms with Gasteiger partial charge < -0.3 is 4.90 Å². The molecule has 0 saturated carbocycles. The average Bonchev–Trinajstić information content (AvgIpc) is 3.04. The molecule has 2 heterocycles. The molecule has 1 saturated heterocycles. The molecule has 24 heavy (non-hydrogen) atoms. The van der Waals surface area contributed by atoms with Gasteiger partial charge in [-0.1, -0.05) is 18.5 Å². The van der Waals surface area contributed by atoms with Crippen LogP contribution in [-0.2, 0) is 9.84 Å². The Morgan fingerprint density at radius 3 is 2.83 bits per heavy atom. The van der Waals surface area contributed by atoms with Crippen LogP contribution in [0.3, 0.4) is 0 Å². The van der Waals surface area contributed by atoms with Gasteiger partial charge in [-0.3, -0.25) is 4.79 Å². The second kappa shape index (κ2) is 6.61. The Hall–Kier alpha value is -1.18. The highest BCUT2D eigenvalue weighted by Crippen LogP contribution is 2.37. The molecule has 8 heteroatoms. The molecule has 1 atom stereocenters. The number of hydrogen-bond acceptors (Lipinski definition) is 4. The average molecular weight is 390 g/mol. The molecule has 1 aliphatic rings. The number of rotatable bonds is 4. The van der Waals surface area contributed by atoms with E-state index < -0.39 is 9.84 Å². The molecule has 1 aliphatic heterocycles. The summed E-state index contributed by atoms with van der Waals surface area (Å²) in [5.74, 6) is -0.552. The fraction of sp³-hybridized carbons (Fsp3) is 0.438. The summed E-state index contributed by atoms with van der Waals surface area (Å²) in [6.07, 6.45) is 1.17. The normalized spacial score (nSPS) is 19.7. The maximum atomic E-state index is 13.4. The Kier molecular flexibility index (Phi) is 4.86. The van der Waals surface area contributed by atoms with Crippen molar-refractivity contribution < 1.29 is 17.6 Å². The zero-order chi connectivity index (χ0) is 17.5. The highest BCUT2D eigenvalue weighted by Gasteiger charge is 2.35. The lowest BCUT2D eigenvalue weighted by Crippen LogP contribution is -2.41. The van der Waals surface area contributed by atoms with Crippen molar-refractivity contribution in [1.29, 1.82) is 0 Å². The number of carbonyl (C=O) groups excluding carboxylic acids is 1. The molecule has 4 nitrogen and oxygen atoms in total. The van der Waals surface area contributed by atoms with Crippen molar-refractivity contribution in [2.24, 2.45) is 0 Å². The molecule has 130 valence electrons. The molecule has 0 radical (unpaired) electrons. The van der Waals surface area contributed by atoms with Crippen molar-refractivity contribution in [2.45, 2.75) is 25.8 Å². The Balaban J connectivity index is 1.97. The second-order valence-electron chi connectivity index (χ2n) is 5.94. The van der Waals surface area contributed by atoms with Crippen molar-refractivity contribution in [3.63, 3.8) is 0 Å². The van der Waals surface area contributed by atoms with Crippen LogP contribution in [0.15, 0.2) is 18.2 Å². The van der Waals surface area contributed by atoms with Gasteiger partial charge in [-0.15, -0.1) is 11.3 Å². The van der Waals surface area contributed by atoms with Gasteiger partial charge in [0, 0.05) is 22.7 Å². The molecule has 1 amide bonds. The van der Waals surface area contributed by atoms with Gasteiger partial charge in [0.15, 0.2) is 9.84 Å². The Bertz CT molecular complexity index is 894. The lowest BCUT2D eigenvalue weighted by Gasteiger charge is -2.27. The number of halogens is 2. The summed E-state index contributed by atoms with van der Waals surface area (Å²) < 4.78 is 37.5. The molecule has 0 N–H and O–H groups in total. The van der Waals surface area contributed by atoms with E-state index in [2.05, 4.69) is 0 Å². The number of thiophene rings is 1. The van der Waals surface area contributed by atoms with E-state index in [1.807, 2.05) is 6.92 Å². The molecule has 1 unspecified atom stereocenters. The van der Waals surface area contributed by atoms with Crippen LogP contribution in [0, 0.1) is 5.82 Å². The second-order valence-corrected chi connectivity index (χ2v) is 9.60. The van der Waals surface area contributed by atoms with Crippen molar-refractivity contribution in [3.8, 4) is 0 Å². The quantitative estimate of drug-likeness (QED) is 0.800. The number of nitrogens with zero attached hydrogens (tertiary/aromatic N) is 1. The molecular weight excluding hydrogens is 373 g/mol. The predicted molar refractivity (Wildman–Crippen MR) is 95.2 cm³/mol. The molecule has 3 rings (SSSR count). The number of hydrogen-bond donors (Lipinski definition) is 0. The fourth-order valence-electron chi connectivity index (χ4n) is 3.02. The van der Waals surface area contributed by atoms with Gasteiger partial charge in [-0.2, -0.15) is 0 Å². The van der Waals surface area contributed by atoms with Crippen LogP contribution in [0.2, 0.25) is 5.02 Å². The van der Waals surface area contributed by atoms with Gasteiger partial charge in [0.1, 0.15) is 10.7 Å². The van der Waals surface area contributed by atoms with Crippen molar-refractivity contribution >= 4 is 48.8 Å². The molecule has 0 aliphatic carbocycles. The Labute approximate surface area is 149 Å². The van der Waals surface area contributed by atoms with E-state index >= 15 is 0 Å². The van der Waals surface area contributed by atoms with Gasteiger partial charge in [-0.05, 0) is 31.0 Å². The number of fused-ring (bicyclic) bond motifs is 1.